The molecule has 246 valence electrons. The van der Waals surface area contributed by atoms with Crippen LogP contribution in [0.4, 0.5) is 24.5 Å². The number of benzene rings is 2. The number of ether oxygens (including phenoxy) is 7. The molecule has 44 heavy (non-hydrogen) atoms. The lowest BCUT2D eigenvalue weighted by atomic mass is 10.1. The van der Waals surface area contributed by atoms with Gasteiger partial charge in [0.2, 0.25) is 0 Å². The molecule has 2 rings (SSSR count). The Kier molecular flexibility index (Phi) is 16.7. The van der Waals surface area contributed by atoms with Gasteiger partial charge in [0, 0.05) is 5.69 Å². The van der Waals surface area contributed by atoms with E-state index < -0.39 is 23.3 Å². The molecular formula is C31H42F3NO9. The number of hydrogen-bond donors (Lipinski definition) is 1. The fourth-order valence-corrected chi connectivity index (χ4v) is 3.50. The zero-order chi connectivity index (χ0) is 32.3. The molecule has 0 saturated heterocycles. The van der Waals surface area contributed by atoms with Crippen LogP contribution in [0.25, 0.3) is 0 Å². The highest BCUT2D eigenvalue weighted by Gasteiger charge is 2.30. The van der Waals surface area contributed by atoms with E-state index in [1.165, 1.54) is 18.2 Å². The van der Waals surface area contributed by atoms with Crippen molar-refractivity contribution in [3.05, 3.63) is 59.7 Å². The monoisotopic (exact) mass is 629 g/mol. The first-order valence-electron chi connectivity index (χ1n) is 14.3. The molecular weight excluding hydrogens is 587 g/mol. The molecule has 0 saturated carbocycles. The molecule has 1 N–H and O–H groups in total. The average Bonchev–Trinajstić information content (AvgIpc) is 2.95. The Morgan fingerprint density at radius 3 is 1.75 bits per heavy atom. The predicted octanol–water partition coefficient (Wildman–Crippen LogP) is 5.42. The molecule has 2 aromatic carbocycles. The number of nitrogens with one attached hydrogen (secondary N) is 1. The van der Waals surface area contributed by atoms with E-state index in [9.17, 15) is 22.8 Å². The summed E-state index contributed by atoms with van der Waals surface area (Å²) in [5.41, 5.74) is -0.603. The van der Waals surface area contributed by atoms with Crippen LogP contribution in [0.5, 0.6) is 0 Å². The lowest BCUT2D eigenvalue weighted by Gasteiger charge is -2.19. The van der Waals surface area contributed by atoms with Gasteiger partial charge in [0.15, 0.2) is 0 Å². The molecule has 0 aliphatic carbocycles. The molecule has 13 heteroatoms. The van der Waals surface area contributed by atoms with Crippen molar-refractivity contribution in [3.63, 3.8) is 0 Å². The molecule has 0 aliphatic rings. The SMILES string of the molecule is CC(C)(C)OC(=O)CCOCCOCCOCCOCCOCCOC(=O)c1ccccc1Nc1cccc(C(F)(F)F)c1. The first-order valence-corrected chi connectivity index (χ1v) is 14.3. The van der Waals surface area contributed by atoms with Crippen LogP contribution in [0, 0.1) is 0 Å². The largest absolute Gasteiger partial charge is 0.460 e. The van der Waals surface area contributed by atoms with Crippen molar-refractivity contribution >= 4 is 23.3 Å². The van der Waals surface area contributed by atoms with Crippen molar-refractivity contribution in [2.45, 2.75) is 39.0 Å². The number of hydrogen-bond acceptors (Lipinski definition) is 10. The molecule has 0 aromatic heterocycles. The average molecular weight is 630 g/mol. The van der Waals surface area contributed by atoms with Crippen LogP contribution in [0.2, 0.25) is 0 Å². The Hall–Kier alpha value is -3.23. The highest BCUT2D eigenvalue weighted by atomic mass is 19.4. The molecule has 10 nitrogen and oxygen atoms in total. The highest BCUT2D eigenvalue weighted by Crippen LogP contribution is 2.32. The van der Waals surface area contributed by atoms with E-state index in [0.29, 0.717) is 58.5 Å². The summed E-state index contributed by atoms with van der Waals surface area (Å²) >= 11 is 0. The maximum absolute atomic E-state index is 13.0. The van der Waals surface area contributed by atoms with Crippen LogP contribution in [0.15, 0.2) is 48.5 Å². The summed E-state index contributed by atoms with van der Waals surface area (Å²) in [6.45, 7) is 8.84. The fourth-order valence-electron chi connectivity index (χ4n) is 3.50. The first kappa shape index (κ1) is 37.0. The van der Waals surface area contributed by atoms with E-state index in [-0.39, 0.29) is 43.5 Å². The smallest absolute Gasteiger partial charge is 0.416 e. The van der Waals surface area contributed by atoms with Crippen LogP contribution in [0.3, 0.4) is 0 Å². The third-order valence-electron chi connectivity index (χ3n) is 5.44. The zero-order valence-electron chi connectivity index (χ0n) is 25.4. The normalized spacial score (nSPS) is 11.8. The summed E-state index contributed by atoms with van der Waals surface area (Å²) in [6, 6.07) is 11.1. The summed E-state index contributed by atoms with van der Waals surface area (Å²) < 4.78 is 76.4. The molecule has 0 aliphatic heterocycles. The van der Waals surface area contributed by atoms with Crippen LogP contribution in [0.1, 0.15) is 43.1 Å². The van der Waals surface area contributed by atoms with Gasteiger partial charge in [-0.25, -0.2) is 4.79 Å². The Balaban J connectivity index is 1.45. The Morgan fingerprint density at radius 1 is 0.682 bits per heavy atom. The molecule has 0 spiro atoms. The Morgan fingerprint density at radius 2 is 1.20 bits per heavy atom. The third-order valence-corrected chi connectivity index (χ3v) is 5.44. The molecule has 0 heterocycles. The Labute approximate surface area is 256 Å². The van der Waals surface area contributed by atoms with Crippen molar-refractivity contribution in [1.29, 1.82) is 0 Å². The summed E-state index contributed by atoms with van der Waals surface area (Å²) in [5.74, 6) is -0.928. The number of halogens is 3. The number of esters is 2. The summed E-state index contributed by atoms with van der Waals surface area (Å²) in [7, 11) is 0. The molecule has 0 radical (unpaired) electrons. The summed E-state index contributed by atoms with van der Waals surface area (Å²) in [5, 5.41) is 2.85. The van der Waals surface area contributed by atoms with Crippen LogP contribution in [-0.2, 0) is 44.1 Å². The fraction of sp³-hybridized carbons (Fsp3) is 0.548. The second-order valence-corrected chi connectivity index (χ2v) is 10.3. The standard InChI is InChI=1S/C31H42F3NO9/c1-30(2,3)44-28(36)11-12-38-13-14-39-15-16-40-17-18-41-19-20-42-21-22-43-29(37)26-9-4-5-10-27(26)35-25-8-6-7-24(23-25)31(32,33)34/h4-10,23,35H,11-22H2,1-3H3. The van der Waals surface area contributed by atoms with E-state index >= 15 is 0 Å². The van der Waals surface area contributed by atoms with Crippen LogP contribution in [-0.4, -0.2) is 90.2 Å². The lowest BCUT2D eigenvalue weighted by molar-refractivity contribution is -0.156. The minimum absolute atomic E-state index is 0.00534. The third kappa shape index (κ3) is 16.6. The quantitative estimate of drug-likeness (QED) is 0.142. The number of para-hydroxylation sites is 1. The van der Waals surface area contributed by atoms with Crippen molar-refractivity contribution in [2.75, 3.05) is 78.0 Å². The second kappa shape index (κ2) is 19.9. The van der Waals surface area contributed by atoms with Crippen molar-refractivity contribution in [2.24, 2.45) is 0 Å². The van der Waals surface area contributed by atoms with Crippen molar-refractivity contribution < 1.29 is 55.9 Å². The minimum Gasteiger partial charge on any atom is -0.460 e. The van der Waals surface area contributed by atoms with Gasteiger partial charge >= 0.3 is 18.1 Å². The maximum atomic E-state index is 13.0. The van der Waals surface area contributed by atoms with E-state index in [4.69, 9.17) is 33.2 Å². The van der Waals surface area contributed by atoms with Gasteiger partial charge < -0.3 is 38.5 Å². The van der Waals surface area contributed by atoms with Gasteiger partial charge in [-0.2, -0.15) is 13.2 Å². The van der Waals surface area contributed by atoms with Gasteiger partial charge in [-0.05, 0) is 51.1 Å². The van der Waals surface area contributed by atoms with Gasteiger partial charge in [0.25, 0.3) is 0 Å². The molecule has 0 amide bonds. The topological polar surface area (TPSA) is 111 Å². The van der Waals surface area contributed by atoms with Crippen LogP contribution < -0.4 is 5.32 Å². The Bertz CT molecular complexity index is 1120. The second-order valence-electron chi connectivity index (χ2n) is 10.3. The lowest BCUT2D eigenvalue weighted by Crippen LogP contribution is -2.24. The minimum atomic E-state index is -4.48. The van der Waals surface area contributed by atoms with Crippen molar-refractivity contribution in [3.8, 4) is 0 Å². The maximum Gasteiger partial charge on any atom is 0.416 e. The molecule has 0 fully saturated rings. The number of alkyl halides is 3. The van der Waals surface area contributed by atoms with Gasteiger partial charge in [0.1, 0.15) is 12.2 Å². The van der Waals surface area contributed by atoms with Crippen molar-refractivity contribution in [1.82, 2.24) is 0 Å². The summed E-state index contributed by atoms with van der Waals surface area (Å²) in [6.07, 6.45) is -4.28. The van der Waals surface area contributed by atoms with E-state index in [2.05, 4.69) is 5.32 Å². The predicted molar refractivity (Wildman–Crippen MR) is 156 cm³/mol. The summed E-state index contributed by atoms with van der Waals surface area (Å²) in [4.78, 5) is 24.1. The van der Waals surface area contributed by atoms with E-state index in [1.54, 1.807) is 18.2 Å². The van der Waals surface area contributed by atoms with Gasteiger partial charge in [0.05, 0.1) is 89.3 Å². The molecule has 0 bridgehead atoms. The first-order chi connectivity index (χ1) is 21.0. The molecule has 0 atom stereocenters. The number of anilines is 2. The van der Waals surface area contributed by atoms with Gasteiger partial charge in [-0.3, -0.25) is 4.79 Å². The number of rotatable bonds is 21. The van der Waals surface area contributed by atoms with E-state index in [0.717, 1.165) is 12.1 Å². The van der Waals surface area contributed by atoms with Crippen LogP contribution >= 0.6 is 0 Å². The zero-order valence-corrected chi connectivity index (χ0v) is 25.4. The van der Waals surface area contributed by atoms with Gasteiger partial charge in [-0.15, -0.1) is 0 Å². The van der Waals surface area contributed by atoms with Gasteiger partial charge in [-0.1, -0.05) is 18.2 Å². The molecule has 2 aromatic rings. The highest BCUT2D eigenvalue weighted by molar-refractivity contribution is 5.96. The number of carbonyl (C=O) groups excluding carboxylic acids is 2. The molecule has 0 unspecified atom stereocenters. The van der Waals surface area contributed by atoms with E-state index in [1.807, 2.05) is 20.8 Å². The number of carbonyl (C=O) groups is 2.